The highest BCUT2D eigenvalue weighted by Crippen LogP contribution is 2.18. The second-order valence-electron chi connectivity index (χ2n) is 4.70. The molecule has 0 unspecified atom stereocenters. The van der Waals surface area contributed by atoms with Gasteiger partial charge in [0.1, 0.15) is 0 Å². The number of aryl methyl sites for hydroxylation is 2. The van der Waals surface area contributed by atoms with E-state index >= 15 is 0 Å². The van der Waals surface area contributed by atoms with Crippen molar-refractivity contribution in [2.24, 2.45) is 5.73 Å². The van der Waals surface area contributed by atoms with Gasteiger partial charge in [-0.05, 0) is 43.0 Å². The maximum absolute atomic E-state index is 5.77. The summed E-state index contributed by atoms with van der Waals surface area (Å²) in [6.07, 6.45) is 2.12. The fraction of sp³-hybridized carbons (Fsp3) is 0.333. The van der Waals surface area contributed by atoms with Gasteiger partial charge >= 0.3 is 0 Å². The van der Waals surface area contributed by atoms with Gasteiger partial charge in [-0.1, -0.05) is 42.0 Å². The van der Waals surface area contributed by atoms with Crippen LogP contribution in [0, 0.1) is 6.92 Å². The summed E-state index contributed by atoms with van der Waals surface area (Å²) in [5.41, 5.74) is 8.47. The molecule has 0 saturated heterocycles. The number of fused-ring (bicyclic) bond motifs is 1. The molecule has 2 N–H and O–H groups in total. The van der Waals surface area contributed by atoms with Gasteiger partial charge in [-0.3, -0.25) is 0 Å². The summed E-state index contributed by atoms with van der Waals surface area (Å²) in [5, 5.41) is 2.65. The van der Waals surface area contributed by atoms with Gasteiger partial charge in [-0.2, -0.15) is 0 Å². The van der Waals surface area contributed by atoms with Crippen LogP contribution in [0.15, 0.2) is 36.4 Å². The number of hydrogen-bond acceptors (Lipinski definition) is 1. The third kappa shape index (κ3) is 2.61. The van der Waals surface area contributed by atoms with E-state index < -0.39 is 0 Å². The van der Waals surface area contributed by atoms with Gasteiger partial charge in [-0.25, -0.2) is 0 Å². The van der Waals surface area contributed by atoms with Crippen molar-refractivity contribution in [2.45, 2.75) is 32.7 Å². The summed E-state index contributed by atoms with van der Waals surface area (Å²) in [7, 11) is 0. The van der Waals surface area contributed by atoms with Crippen LogP contribution in [0.2, 0.25) is 0 Å². The Morgan fingerprint density at radius 1 is 1.06 bits per heavy atom. The zero-order chi connectivity index (χ0) is 11.5. The number of rotatable bonds is 3. The lowest BCUT2D eigenvalue weighted by molar-refractivity contribution is 0.666. The Morgan fingerprint density at radius 2 is 1.75 bits per heavy atom. The minimum absolute atomic E-state index is 0.286. The Kier molecular flexibility index (Phi) is 3.25. The van der Waals surface area contributed by atoms with Crippen LogP contribution >= 0.6 is 0 Å². The van der Waals surface area contributed by atoms with E-state index in [-0.39, 0.29) is 6.04 Å². The molecule has 0 spiro atoms. The van der Waals surface area contributed by atoms with Crippen molar-refractivity contribution >= 4 is 10.8 Å². The first-order valence-electron chi connectivity index (χ1n) is 5.90. The maximum atomic E-state index is 5.77. The minimum atomic E-state index is 0.286. The summed E-state index contributed by atoms with van der Waals surface area (Å²) in [6, 6.07) is 13.6. The van der Waals surface area contributed by atoms with E-state index in [1.807, 2.05) is 0 Å². The SMILES string of the molecule is Cc1ccc2cc(CC[C@@H](C)N)ccc2c1. The molecule has 2 aromatic carbocycles. The van der Waals surface area contributed by atoms with Gasteiger partial charge in [0.05, 0.1) is 0 Å². The van der Waals surface area contributed by atoms with Crippen LogP contribution in [-0.4, -0.2) is 6.04 Å². The van der Waals surface area contributed by atoms with Gasteiger partial charge in [0.25, 0.3) is 0 Å². The van der Waals surface area contributed by atoms with Crippen molar-refractivity contribution in [3.05, 3.63) is 47.5 Å². The first-order chi connectivity index (χ1) is 7.65. The van der Waals surface area contributed by atoms with Crippen molar-refractivity contribution in [3.63, 3.8) is 0 Å². The number of benzene rings is 2. The van der Waals surface area contributed by atoms with Crippen LogP contribution < -0.4 is 5.73 Å². The lowest BCUT2D eigenvalue weighted by Crippen LogP contribution is -2.15. The molecular weight excluding hydrogens is 194 g/mol. The molecule has 84 valence electrons. The summed E-state index contributed by atoms with van der Waals surface area (Å²) in [4.78, 5) is 0. The smallest absolute Gasteiger partial charge is 0.00136 e. The number of hydrogen-bond donors (Lipinski definition) is 1. The Balaban J connectivity index is 2.26. The van der Waals surface area contributed by atoms with Crippen molar-refractivity contribution in [2.75, 3.05) is 0 Å². The highest BCUT2D eigenvalue weighted by molar-refractivity contribution is 5.83. The Labute approximate surface area is 97.3 Å². The zero-order valence-electron chi connectivity index (χ0n) is 10.0. The largest absolute Gasteiger partial charge is 0.328 e. The fourth-order valence-corrected chi connectivity index (χ4v) is 1.96. The van der Waals surface area contributed by atoms with Gasteiger partial charge in [0.15, 0.2) is 0 Å². The van der Waals surface area contributed by atoms with E-state index in [9.17, 15) is 0 Å². The average Bonchev–Trinajstić information content (AvgIpc) is 2.26. The molecule has 1 nitrogen and oxygen atoms in total. The first-order valence-corrected chi connectivity index (χ1v) is 5.90. The molecule has 0 aliphatic heterocycles. The topological polar surface area (TPSA) is 26.0 Å². The van der Waals surface area contributed by atoms with Crippen molar-refractivity contribution in [1.82, 2.24) is 0 Å². The van der Waals surface area contributed by atoms with E-state index in [1.54, 1.807) is 0 Å². The van der Waals surface area contributed by atoms with E-state index in [2.05, 4.69) is 50.2 Å². The first kappa shape index (κ1) is 11.2. The van der Waals surface area contributed by atoms with Crippen LogP contribution in [0.3, 0.4) is 0 Å². The Hall–Kier alpha value is -1.34. The monoisotopic (exact) mass is 213 g/mol. The van der Waals surface area contributed by atoms with Crippen molar-refractivity contribution in [3.8, 4) is 0 Å². The van der Waals surface area contributed by atoms with Crippen LogP contribution in [-0.2, 0) is 6.42 Å². The van der Waals surface area contributed by atoms with Crippen molar-refractivity contribution < 1.29 is 0 Å². The summed E-state index contributed by atoms with van der Waals surface area (Å²) in [5.74, 6) is 0. The van der Waals surface area contributed by atoms with Gasteiger partial charge < -0.3 is 5.73 Å². The zero-order valence-corrected chi connectivity index (χ0v) is 10.0. The highest BCUT2D eigenvalue weighted by Gasteiger charge is 1.99. The lowest BCUT2D eigenvalue weighted by atomic mass is 10.0. The third-order valence-corrected chi connectivity index (χ3v) is 2.95. The van der Waals surface area contributed by atoms with Gasteiger partial charge in [0, 0.05) is 6.04 Å². The van der Waals surface area contributed by atoms with E-state index in [1.165, 1.54) is 21.9 Å². The van der Waals surface area contributed by atoms with Crippen molar-refractivity contribution in [1.29, 1.82) is 0 Å². The maximum Gasteiger partial charge on any atom is 0.00136 e. The van der Waals surface area contributed by atoms with Gasteiger partial charge in [-0.15, -0.1) is 0 Å². The molecular formula is C15H19N. The lowest BCUT2D eigenvalue weighted by Gasteiger charge is -2.06. The van der Waals surface area contributed by atoms with Crippen LogP contribution in [0.25, 0.3) is 10.8 Å². The summed E-state index contributed by atoms with van der Waals surface area (Å²) in [6.45, 7) is 4.19. The molecule has 2 aromatic rings. The van der Waals surface area contributed by atoms with E-state index in [0.29, 0.717) is 0 Å². The molecule has 0 aromatic heterocycles. The normalized spacial score (nSPS) is 12.9. The molecule has 16 heavy (non-hydrogen) atoms. The molecule has 0 radical (unpaired) electrons. The quantitative estimate of drug-likeness (QED) is 0.830. The summed E-state index contributed by atoms with van der Waals surface area (Å²) < 4.78 is 0. The highest BCUT2D eigenvalue weighted by atomic mass is 14.6. The Bertz CT molecular complexity index is 486. The molecule has 1 atom stereocenters. The van der Waals surface area contributed by atoms with Crippen LogP contribution in [0.4, 0.5) is 0 Å². The average molecular weight is 213 g/mol. The van der Waals surface area contributed by atoms with E-state index in [4.69, 9.17) is 5.73 Å². The van der Waals surface area contributed by atoms with Gasteiger partial charge in [0.2, 0.25) is 0 Å². The second kappa shape index (κ2) is 4.67. The minimum Gasteiger partial charge on any atom is -0.328 e. The molecule has 0 amide bonds. The second-order valence-corrected chi connectivity index (χ2v) is 4.70. The summed E-state index contributed by atoms with van der Waals surface area (Å²) >= 11 is 0. The van der Waals surface area contributed by atoms with E-state index in [0.717, 1.165) is 12.8 Å². The molecule has 0 bridgehead atoms. The molecule has 0 aliphatic carbocycles. The number of nitrogens with two attached hydrogens (primary N) is 1. The predicted molar refractivity (Wildman–Crippen MR) is 70.7 cm³/mol. The molecule has 0 aliphatic rings. The third-order valence-electron chi connectivity index (χ3n) is 2.95. The molecule has 0 heterocycles. The molecule has 2 rings (SSSR count). The fourth-order valence-electron chi connectivity index (χ4n) is 1.96. The van der Waals surface area contributed by atoms with Crippen LogP contribution in [0.1, 0.15) is 24.5 Å². The molecule has 0 fully saturated rings. The molecule has 1 heteroatoms. The Morgan fingerprint density at radius 3 is 2.50 bits per heavy atom. The van der Waals surface area contributed by atoms with Crippen LogP contribution in [0.5, 0.6) is 0 Å². The predicted octanol–water partition coefficient (Wildman–Crippen LogP) is 3.43. The standard InChI is InChI=1S/C15H19N/c1-11-3-7-15-10-13(5-4-12(2)16)6-8-14(15)9-11/h3,6-10,12H,4-5,16H2,1-2H3/t12-/m1/s1. The molecule has 0 saturated carbocycles.